The lowest BCUT2D eigenvalue weighted by Crippen LogP contribution is -2.63. The number of unbranched alkanes of at least 4 members (excludes halogenated alkanes) is 1. The summed E-state index contributed by atoms with van der Waals surface area (Å²) >= 11 is 0. The number of carbonyl (C=O) groups is 7. The number of hydrogen-bond acceptors (Lipinski definition) is 9. The largest absolute Gasteiger partial charge is 0.444 e. The van der Waals surface area contributed by atoms with Crippen molar-refractivity contribution < 1.29 is 43.0 Å². The van der Waals surface area contributed by atoms with Crippen molar-refractivity contribution in [3.8, 4) is 0 Å². The molecule has 0 radical (unpaired) electrons. The predicted octanol–water partition coefficient (Wildman–Crippen LogP) is 5.42. The number of nitrogens with one attached hydrogen (secondary N) is 5. The number of rotatable bonds is 20. The van der Waals surface area contributed by atoms with E-state index in [1.165, 1.54) is 0 Å². The van der Waals surface area contributed by atoms with Gasteiger partial charge in [0.1, 0.15) is 35.4 Å². The highest BCUT2D eigenvalue weighted by Crippen LogP contribution is 2.40. The Morgan fingerprint density at radius 1 is 0.621 bits per heavy atom. The van der Waals surface area contributed by atoms with Gasteiger partial charge in [0, 0.05) is 57.4 Å². The van der Waals surface area contributed by atoms with Crippen molar-refractivity contribution in [1.29, 1.82) is 0 Å². The van der Waals surface area contributed by atoms with Gasteiger partial charge in [-0.15, -0.1) is 0 Å². The fraction of sp³-hybridized carbons (Fsp3) is 0.620. The second kappa shape index (κ2) is 24.2. The standard InChI is InChI=1S/C50H75N7O9/c1-10-41(58)57-32-50(33-57)24-27-56(28-25-50)45(62)37(23-17-18-26-51-46(63)65-48(4,5)6)52-42(59)38(29-34(2)3)53-43(60)39(30-35-19-13-11-14-20-35)54-44(61)40(31-36-21-15-12-16-22-36)55-47(64)66-49(7,8)9/h11-16,19-22,34,37-40H,10,17-18,23-33H2,1-9H3,(H,51,63)(H,52,59)(H,53,60)(H,54,61)(H,55,64)/t37-,38-,39-,40-/m1/s1. The minimum Gasteiger partial charge on any atom is -0.444 e. The fourth-order valence-electron chi connectivity index (χ4n) is 8.22. The van der Waals surface area contributed by atoms with E-state index in [1.54, 1.807) is 46.4 Å². The maximum absolute atomic E-state index is 14.4. The molecule has 1 spiro atoms. The Morgan fingerprint density at radius 3 is 1.59 bits per heavy atom. The molecule has 2 aromatic rings. The van der Waals surface area contributed by atoms with Gasteiger partial charge in [-0.25, -0.2) is 9.59 Å². The molecule has 4 rings (SSSR count). The van der Waals surface area contributed by atoms with E-state index < -0.39 is 65.3 Å². The first kappa shape index (κ1) is 52.9. The van der Waals surface area contributed by atoms with E-state index in [4.69, 9.17) is 9.47 Å². The molecule has 0 aliphatic carbocycles. The van der Waals surface area contributed by atoms with Gasteiger partial charge in [0.25, 0.3) is 0 Å². The molecule has 16 nitrogen and oxygen atoms in total. The van der Waals surface area contributed by atoms with Crippen molar-refractivity contribution in [3.63, 3.8) is 0 Å². The summed E-state index contributed by atoms with van der Waals surface area (Å²) in [6, 6.07) is 14.1. The van der Waals surface area contributed by atoms with E-state index in [1.807, 2.05) is 86.3 Å². The Balaban J connectivity index is 1.53. The summed E-state index contributed by atoms with van der Waals surface area (Å²) < 4.78 is 10.8. The van der Waals surface area contributed by atoms with E-state index in [0.717, 1.165) is 24.0 Å². The predicted molar refractivity (Wildman–Crippen MR) is 252 cm³/mol. The van der Waals surface area contributed by atoms with Crippen LogP contribution in [0.5, 0.6) is 0 Å². The van der Waals surface area contributed by atoms with Crippen molar-refractivity contribution in [2.75, 3.05) is 32.7 Å². The number of hydrogen-bond donors (Lipinski definition) is 5. The van der Waals surface area contributed by atoms with E-state index in [2.05, 4.69) is 26.6 Å². The molecule has 0 unspecified atom stereocenters. The third kappa shape index (κ3) is 17.6. The summed E-state index contributed by atoms with van der Waals surface area (Å²) in [7, 11) is 0. The van der Waals surface area contributed by atoms with Crippen molar-refractivity contribution in [2.45, 2.75) is 155 Å². The number of carbonyl (C=O) groups excluding carboxylic acids is 7. The third-order valence-electron chi connectivity index (χ3n) is 11.6. The summed E-state index contributed by atoms with van der Waals surface area (Å²) in [6.07, 6.45) is 2.34. The van der Waals surface area contributed by atoms with Crippen LogP contribution in [-0.2, 0) is 46.3 Å². The smallest absolute Gasteiger partial charge is 0.408 e. The Hall–Kier alpha value is -5.67. The van der Waals surface area contributed by atoms with Gasteiger partial charge in [-0.05, 0) is 97.1 Å². The highest BCUT2D eigenvalue weighted by molar-refractivity contribution is 5.95. The molecule has 2 aromatic carbocycles. The van der Waals surface area contributed by atoms with Gasteiger partial charge in [-0.2, -0.15) is 0 Å². The molecular formula is C50H75N7O9. The molecule has 0 saturated carbocycles. The first-order valence-corrected chi connectivity index (χ1v) is 23.6. The summed E-state index contributed by atoms with van der Waals surface area (Å²) in [6.45, 7) is 18.8. The van der Waals surface area contributed by atoms with Crippen molar-refractivity contribution in [3.05, 3.63) is 71.8 Å². The van der Waals surface area contributed by atoms with Crippen molar-refractivity contribution >= 4 is 41.7 Å². The lowest BCUT2D eigenvalue weighted by molar-refractivity contribution is -0.151. The number of nitrogens with zero attached hydrogens (tertiary/aromatic N) is 2. The normalized spacial score (nSPS) is 16.5. The number of ether oxygens (including phenoxy) is 2. The number of benzene rings is 2. The van der Waals surface area contributed by atoms with Gasteiger partial charge >= 0.3 is 12.2 Å². The van der Waals surface area contributed by atoms with Gasteiger partial charge < -0.3 is 45.9 Å². The van der Waals surface area contributed by atoms with Crippen LogP contribution in [0, 0.1) is 11.3 Å². The van der Waals surface area contributed by atoms with Crippen LogP contribution in [-0.4, -0.2) is 120 Å². The van der Waals surface area contributed by atoms with Crippen LogP contribution in [0.2, 0.25) is 0 Å². The molecule has 364 valence electrons. The van der Waals surface area contributed by atoms with E-state index in [-0.39, 0.29) is 48.8 Å². The Kier molecular flexibility index (Phi) is 19.4. The number of amides is 7. The minimum absolute atomic E-state index is 0.0145. The molecule has 16 heteroatoms. The van der Waals surface area contributed by atoms with Crippen LogP contribution in [0.4, 0.5) is 9.59 Å². The number of piperidine rings is 1. The first-order valence-electron chi connectivity index (χ1n) is 23.6. The van der Waals surface area contributed by atoms with Crippen molar-refractivity contribution in [2.24, 2.45) is 11.3 Å². The highest BCUT2D eigenvalue weighted by Gasteiger charge is 2.47. The van der Waals surface area contributed by atoms with Gasteiger partial charge in [0.15, 0.2) is 0 Å². The average molecular weight is 918 g/mol. The topological polar surface area (TPSA) is 205 Å². The second-order valence-electron chi connectivity index (χ2n) is 20.2. The molecule has 4 atom stereocenters. The lowest BCUT2D eigenvalue weighted by Gasteiger charge is -2.54. The summed E-state index contributed by atoms with van der Waals surface area (Å²) in [4.78, 5) is 98.5. The van der Waals surface area contributed by atoms with Crippen LogP contribution in [0.3, 0.4) is 0 Å². The number of alkyl carbamates (subject to hydrolysis) is 2. The molecule has 2 aliphatic rings. The zero-order valence-electron chi connectivity index (χ0n) is 40.6. The molecule has 0 bridgehead atoms. The minimum atomic E-state index is -1.16. The van der Waals surface area contributed by atoms with Gasteiger partial charge in [0.05, 0.1) is 0 Å². The SMILES string of the molecule is CCC(=O)N1CC2(CCN(C(=O)[C@@H](CCCCNC(=O)OC(C)(C)C)NC(=O)[C@@H](CC(C)C)NC(=O)[C@@H](Cc3ccccc3)NC(=O)[C@@H](Cc3ccccc3)NC(=O)OC(C)(C)C)CC2)C1. The van der Waals surface area contributed by atoms with E-state index >= 15 is 0 Å². The van der Waals surface area contributed by atoms with Crippen LogP contribution in [0.25, 0.3) is 0 Å². The average Bonchev–Trinajstić information content (AvgIpc) is 3.23. The quantitative estimate of drug-likeness (QED) is 0.108. The van der Waals surface area contributed by atoms with Gasteiger partial charge in [0.2, 0.25) is 29.5 Å². The summed E-state index contributed by atoms with van der Waals surface area (Å²) in [5.74, 6) is -1.93. The molecular weight excluding hydrogens is 843 g/mol. The van der Waals surface area contributed by atoms with Crippen LogP contribution >= 0.6 is 0 Å². The fourth-order valence-corrected chi connectivity index (χ4v) is 8.22. The molecule has 2 saturated heterocycles. The molecule has 5 N–H and O–H groups in total. The van der Waals surface area contributed by atoms with E-state index in [9.17, 15) is 33.6 Å². The Labute approximate surface area is 391 Å². The van der Waals surface area contributed by atoms with E-state index in [0.29, 0.717) is 52.0 Å². The van der Waals surface area contributed by atoms with Crippen LogP contribution in [0.1, 0.15) is 118 Å². The maximum Gasteiger partial charge on any atom is 0.408 e. The Morgan fingerprint density at radius 2 is 1.09 bits per heavy atom. The molecule has 2 aliphatic heterocycles. The van der Waals surface area contributed by atoms with Crippen molar-refractivity contribution in [1.82, 2.24) is 36.4 Å². The second-order valence-corrected chi connectivity index (χ2v) is 20.2. The molecule has 0 aromatic heterocycles. The summed E-state index contributed by atoms with van der Waals surface area (Å²) in [5, 5.41) is 14.2. The zero-order chi connectivity index (χ0) is 48.7. The highest BCUT2D eigenvalue weighted by atomic mass is 16.6. The first-order chi connectivity index (χ1) is 31.0. The zero-order valence-corrected chi connectivity index (χ0v) is 40.6. The van der Waals surface area contributed by atoms with Crippen LogP contribution < -0.4 is 26.6 Å². The summed E-state index contributed by atoms with van der Waals surface area (Å²) in [5.41, 5.74) is 0.0374. The molecule has 2 heterocycles. The Bertz CT molecular complexity index is 1930. The lowest BCUT2D eigenvalue weighted by atomic mass is 9.71. The van der Waals surface area contributed by atoms with Gasteiger partial charge in [-0.1, -0.05) is 81.4 Å². The third-order valence-corrected chi connectivity index (χ3v) is 11.6. The maximum atomic E-state index is 14.4. The molecule has 66 heavy (non-hydrogen) atoms. The van der Waals surface area contributed by atoms with Gasteiger partial charge in [-0.3, -0.25) is 24.0 Å². The van der Waals surface area contributed by atoms with Crippen LogP contribution in [0.15, 0.2) is 60.7 Å². The monoisotopic (exact) mass is 918 g/mol. The molecule has 7 amide bonds. The number of likely N-dealkylation sites (tertiary alicyclic amines) is 2. The molecule has 2 fully saturated rings.